The summed E-state index contributed by atoms with van der Waals surface area (Å²) in [5.41, 5.74) is 11.8. The smallest absolute Gasteiger partial charge is 0.324 e. The van der Waals surface area contributed by atoms with Crippen molar-refractivity contribution in [2.75, 3.05) is 13.2 Å². The molecule has 0 aliphatic rings. The molecule has 12 nitrogen and oxygen atoms in total. The van der Waals surface area contributed by atoms with Crippen LogP contribution in [0.1, 0.15) is 79.6 Å². The van der Waals surface area contributed by atoms with Gasteiger partial charge in [-0.1, -0.05) is 315 Å². The highest BCUT2D eigenvalue weighted by Crippen LogP contribution is 2.34. The minimum Gasteiger partial charge on any atom is -0.485 e. The van der Waals surface area contributed by atoms with Gasteiger partial charge in [0.2, 0.25) is 0 Å². The minimum absolute atomic E-state index is 0.00711. The average Bonchev–Trinajstić information content (AvgIpc) is 0.827. The van der Waals surface area contributed by atoms with Gasteiger partial charge in [-0.2, -0.15) is 0 Å². The van der Waals surface area contributed by atoms with Crippen LogP contribution in [0.3, 0.4) is 0 Å². The maximum absolute atomic E-state index is 16.1. The fourth-order valence-corrected chi connectivity index (χ4v) is 12.8. The molecule has 0 radical (unpaired) electrons. The van der Waals surface area contributed by atoms with Gasteiger partial charge < -0.3 is 37.9 Å². The Balaban J connectivity index is 0.855. The van der Waals surface area contributed by atoms with Crippen molar-refractivity contribution in [3.8, 4) is 23.0 Å². The van der Waals surface area contributed by atoms with E-state index < -0.39 is 36.2 Å². The summed E-state index contributed by atoms with van der Waals surface area (Å²) in [7, 11) is 0. The third-order valence-electron chi connectivity index (χ3n) is 18.4. The highest BCUT2D eigenvalue weighted by Gasteiger charge is 2.34. The maximum Gasteiger partial charge on any atom is 0.324 e. The molecule has 0 aliphatic carbocycles. The molecule has 538 valence electrons. The van der Waals surface area contributed by atoms with E-state index in [9.17, 15) is 0 Å². The molecule has 12 heteroatoms. The van der Waals surface area contributed by atoms with E-state index in [-0.39, 0.29) is 52.1 Å². The van der Waals surface area contributed by atoms with Crippen molar-refractivity contribution >= 4 is 11.9 Å². The van der Waals surface area contributed by atoms with Crippen molar-refractivity contribution in [3.05, 3.63) is 406 Å². The monoisotopic (exact) mass is 1410 g/mol. The Morgan fingerprint density at radius 2 is 0.575 bits per heavy atom. The second kappa shape index (κ2) is 40.6. The van der Waals surface area contributed by atoms with Crippen LogP contribution in [-0.4, -0.2) is 59.2 Å². The van der Waals surface area contributed by atoms with Crippen LogP contribution in [0.5, 0.6) is 23.0 Å². The molecular weight excluding hydrogens is 1320 g/mol. The third-order valence-corrected chi connectivity index (χ3v) is 18.4. The molecule has 106 heavy (non-hydrogen) atoms. The SMILES string of the molecule is O=C(OCC[C@H](C[C@@H](COCc1ccccc1)OC(=O)C(Cc1ccc(OCc2ccccc2)c(OCc2ccccc2)c1)N(Cc1ccccc1)Cc1ccccc1)OCc1ccccc1)C(Cc1ccc(OCc2ccccc2)c(OCc2ccccc2)c1)N(Cc1ccccc1)Cc1ccccc1. The molecule has 0 fully saturated rings. The lowest BCUT2D eigenvalue weighted by molar-refractivity contribution is -0.162. The molecule has 0 saturated heterocycles. The van der Waals surface area contributed by atoms with E-state index >= 15 is 9.59 Å². The lowest BCUT2D eigenvalue weighted by Gasteiger charge is -2.33. The van der Waals surface area contributed by atoms with Gasteiger partial charge in [0.15, 0.2) is 23.0 Å². The van der Waals surface area contributed by atoms with E-state index in [1.807, 2.05) is 291 Å². The second-order valence-corrected chi connectivity index (χ2v) is 26.5. The summed E-state index contributed by atoms with van der Waals surface area (Å²) in [4.78, 5) is 36.1. The van der Waals surface area contributed by atoms with Gasteiger partial charge in [-0.3, -0.25) is 19.4 Å². The number of nitrogens with zero attached hydrogens (tertiary/aromatic N) is 2. The number of hydrogen-bond donors (Lipinski definition) is 0. The normalized spacial score (nSPS) is 12.4. The van der Waals surface area contributed by atoms with Crippen molar-refractivity contribution < 1.29 is 47.5 Å². The quantitative estimate of drug-likeness (QED) is 0.0340. The Kier molecular flexibility index (Phi) is 28.5. The number of benzene rings is 12. The molecule has 4 atom stereocenters. The van der Waals surface area contributed by atoms with E-state index in [0.717, 1.165) is 66.8 Å². The summed E-state index contributed by atoms with van der Waals surface area (Å²) in [6.07, 6.45) is -0.420. The largest absolute Gasteiger partial charge is 0.485 e. The number of esters is 2. The van der Waals surface area contributed by atoms with Crippen LogP contribution in [0.4, 0.5) is 0 Å². The second-order valence-electron chi connectivity index (χ2n) is 26.5. The van der Waals surface area contributed by atoms with Crippen LogP contribution < -0.4 is 18.9 Å². The summed E-state index contributed by atoms with van der Waals surface area (Å²) in [5, 5.41) is 0. The number of carbonyl (C=O) groups excluding carboxylic acids is 2. The highest BCUT2D eigenvalue weighted by atomic mass is 16.6. The molecular formula is C94H92N2O10. The van der Waals surface area contributed by atoms with Crippen molar-refractivity contribution in [3.63, 3.8) is 0 Å². The van der Waals surface area contributed by atoms with Crippen molar-refractivity contribution in [1.82, 2.24) is 9.80 Å². The molecule has 0 saturated carbocycles. The average molecular weight is 1410 g/mol. The number of ether oxygens (including phenoxy) is 8. The van der Waals surface area contributed by atoms with Crippen LogP contribution in [0.25, 0.3) is 0 Å². The standard InChI is InChI=1S/C94H92N2O10/c97-93(87(95(62-73-31-11-1-12-32-73)63-74-33-13-2-14-34-74)57-83-51-53-89(102-68-79-43-23-7-24-44-79)91(59-83)104-70-81-47-27-9-28-48-81)100-56-55-85(101-67-78-41-21-6-22-42-78)61-86(72-99-66-77-39-19-5-20-40-77)106-94(98)88(96(64-75-35-15-3-16-36-75)65-76-37-17-4-18-38-76)58-84-52-54-90(103-69-80-45-25-8-26-46-80)92(60-84)105-71-82-49-29-10-30-50-82/h1-54,59-60,85-88H,55-58,61-72H2/t85-,86+,87?,88?/m1/s1. The van der Waals surface area contributed by atoms with E-state index in [2.05, 4.69) is 58.3 Å². The molecule has 2 unspecified atom stereocenters. The third kappa shape index (κ3) is 24.1. The van der Waals surface area contributed by atoms with Crippen LogP contribution in [0.2, 0.25) is 0 Å². The van der Waals surface area contributed by atoms with Crippen LogP contribution in [0, 0.1) is 0 Å². The van der Waals surface area contributed by atoms with Gasteiger partial charge in [0.25, 0.3) is 0 Å². The van der Waals surface area contributed by atoms with Gasteiger partial charge in [0.1, 0.15) is 44.6 Å². The molecule has 0 aliphatic heterocycles. The van der Waals surface area contributed by atoms with E-state index in [1.165, 1.54) is 0 Å². The Morgan fingerprint density at radius 1 is 0.283 bits per heavy atom. The lowest BCUT2D eigenvalue weighted by atomic mass is 10.0. The number of hydrogen-bond acceptors (Lipinski definition) is 12. The zero-order valence-electron chi connectivity index (χ0n) is 59.9. The van der Waals surface area contributed by atoms with Gasteiger partial charge in [0, 0.05) is 39.0 Å². The zero-order chi connectivity index (χ0) is 72.4. The Hall–Kier alpha value is -11.4. The summed E-state index contributed by atoms with van der Waals surface area (Å²) < 4.78 is 53.5. The Labute approximate surface area is 624 Å². The molecule has 12 aromatic rings. The van der Waals surface area contributed by atoms with Crippen molar-refractivity contribution in [1.29, 1.82) is 0 Å². The van der Waals surface area contributed by atoms with E-state index in [1.54, 1.807) is 0 Å². The highest BCUT2D eigenvalue weighted by molar-refractivity contribution is 5.77. The molecule has 0 bridgehead atoms. The first-order valence-electron chi connectivity index (χ1n) is 36.5. The topological polar surface area (TPSA) is 114 Å². The van der Waals surface area contributed by atoms with Crippen molar-refractivity contribution in [2.45, 2.75) is 116 Å². The van der Waals surface area contributed by atoms with Gasteiger partial charge in [-0.15, -0.1) is 0 Å². The summed E-state index contributed by atoms with van der Waals surface area (Å²) in [6, 6.07) is 111. The summed E-state index contributed by atoms with van der Waals surface area (Å²) >= 11 is 0. The molecule has 0 spiro atoms. The molecule has 0 aromatic heterocycles. The minimum atomic E-state index is -0.837. The summed E-state index contributed by atoms with van der Waals surface area (Å²) in [6.45, 7) is 3.63. The first-order chi connectivity index (χ1) is 52.3. The van der Waals surface area contributed by atoms with E-state index in [0.29, 0.717) is 75.6 Å². The fraction of sp³-hybridized carbons (Fsp3) is 0.213. The molecule has 0 N–H and O–H groups in total. The van der Waals surface area contributed by atoms with Crippen LogP contribution in [-0.2, 0) is 107 Å². The fourth-order valence-electron chi connectivity index (χ4n) is 12.8. The Morgan fingerprint density at radius 3 is 0.915 bits per heavy atom. The summed E-state index contributed by atoms with van der Waals surface area (Å²) in [5.74, 6) is 1.45. The van der Waals surface area contributed by atoms with Gasteiger partial charge in [0.05, 0.1) is 32.5 Å². The van der Waals surface area contributed by atoms with Gasteiger partial charge in [-0.25, -0.2) is 0 Å². The predicted molar refractivity (Wildman–Crippen MR) is 416 cm³/mol. The van der Waals surface area contributed by atoms with Crippen LogP contribution in [0.15, 0.2) is 340 Å². The first kappa shape index (κ1) is 74.3. The molecule has 0 heterocycles. The number of carbonyl (C=O) groups is 2. The zero-order valence-corrected chi connectivity index (χ0v) is 59.9. The molecule has 0 amide bonds. The lowest BCUT2D eigenvalue weighted by Crippen LogP contribution is -2.45. The van der Waals surface area contributed by atoms with Crippen LogP contribution >= 0.6 is 0 Å². The van der Waals surface area contributed by atoms with E-state index in [4.69, 9.17) is 37.9 Å². The van der Waals surface area contributed by atoms with Crippen molar-refractivity contribution in [2.24, 2.45) is 0 Å². The number of rotatable bonds is 41. The Bertz CT molecular complexity index is 4410. The molecule has 12 aromatic carbocycles. The molecule has 12 rings (SSSR count). The van der Waals surface area contributed by atoms with Gasteiger partial charge in [-0.05, 0) is 104 Å². The first-order valence-corrected chi connectivity index (χ1v) is 36.5. The predicted octanol–water partition coefficient (Wildman–Crippen LogP) is 19.0. The maximum atomic E-state index is 16.1. The van der Waals surface area contributed by atoms with Gasteiger partial charge >= 0.3 is 11.9 Å².